The molecule has 31 heavy (non-hydrogen) atoms. The van der Waals surface area contributed by atoms with Gasteiger partial charge in [-0.3, -0.25) is 0 Å². The highest BCUT2D eigenvalue weighted by atomic mass is 16.5. The lowest BCUT2D eigenvalue weighted by molar-refractivity contribution is 0.0654. The van der Waals surface area contributed by atoms with Gasteiger partial charge in [0.15, 0.2) is 0 Å². The van der Waals surface area contributed by atoms with E-state index in [1.807, 2.05) is 6.07 Å². The van der Waals surface area contributed by atoms with Gasteiger partial charge in [-0.2, -0.15) is 0 Å². The second-order valence-electron chi connectivity index (χ2n) is 8.86. The quantitative estimate of drug-likeness (QED) is 0.467. The number of benzene rings is 3. The van der Waals surface area contributed by atoms with E-state index in [9.17, 15) is 9.90 Å². The van der Waals surface area contributed by atoms with Crippen molar-refractivity contribution in [2.75, 3.05) is 0 Å². The van der Waals surface area contributed by atoms with Gasteiger partial charge in [-0.25, -0.2) is 4.79 Å². The molecule has 160 valence electrons. The van der Waals surface area contributed by atoms with Crippen LogP contribution < -0.4 is 4.74 Å². The Labute approximate surface area is 184 Å². The minimum absolute atomic E-state index is 0.251. The third kappa shape index (κ3) is 4.99. The Bertz CT molecular complexity index is 1070. The second kappa shape index (κ2) is 8.97. The molecule has 0 aromatic heterocycles. The summed E-state index contributed by atoms with van der Waals surface area (Å²) in [5.41, 5.74) is 5.83. The van der Waals surface area contributed by atoms with E-state index in [2.05, 4.69) is 56.3 Å². The number of rotatable bonds is 7. The molecule has 1 N–H and O–H groups in total. The molecule has 0 amide bonds. The Hall–Kier alpha value is -3.07. The Balaban J connectivity index is 1.52. The maximum Gasteiger partial charge on any atom is 0.335 e. The van der Waals surface area contributed by atoms with Crippen LogP contribution >= 0.6 is 0 Å². The van der Waals surface area contributed by atoms with Crippen LogP contribution in [0.4, 0.5) is 0 Å². The Morgan fingerprint density at radius 3 is 2.48 bits per heavy atom. The zero-order chi connectivity index (χ0) is 21.8. The Morgan fingerprint density at radius 2 is 1.74 bits per heavy atom. The van der Waals surface area contributed by atoms with Crippen molar-refractivity contribution in [1.29, 1.82) is 0 Å². The van der Waals surface area contributed by atoms with Crippen molar-refractivity contribution < 1.29 is 14.6 Å². The second-order valence-corrected chi connectivity index (χ2v) is 8.86. The fourth-order valence-electron chi connectivity index (χ4n) is 4.34. The number of carboxylic acids is 1. The van der Waals surface area contributed by atoms with E-state index in [0.29, 0.717) is 5.56 Å². The van der Waals surface area contributed by atoms with Crippen molar-refractivity contribution >= 4 is 5.97 Å². The Kier molecular flexibility index (Phi) is 6.13. The SMILES string of the molecule is CCCCc1ccc(C[C@@]2(C)CCc3ccc(-c4cccc(C(=O)O)c4)cc3O2)cc1. The van der Waals surface area contributed by atoms with Crippen LogP contribution in [0.15, 0.2) is 66.7 Å². The van der Waals surface area contributed by atoms with Gasteiger partial charge in [-0.1, -0.05) is 61.9 Å². The van der Waals surface area contributed by atoms with Crippen LogP contribution in [-0.2, 0) is 19.3 Å². The summed E-state index contributed by atoms with van der Waals surface area (Å²) in [6, 6.07) is 22.3. The van der Waals surface area contributed by atoms with Crippen LogP contribution in [0.25, 0.3) is 11.1 Å². The molecule has 4 rings (SSSR count). The molecule has 3 heteroatoms. The Morgan fingerprint density at radius 1 is 1.00 bits per heavy atom. The largest absolute Gasteiger partial charge is 0.487 e. The summed E-state index contributed by atoms with van der Waals surface area (Å²) in [6.07, 6.45) is 6.43. The van der Waals surface area contributed by atoms with Crippen LogP contribution in [0.5, 0.6) is 5.75 Å². The first-order chi connectivity index (χ1) is 15.0. The normalized spacial score (nSPS) is 17.6. The zero-order valence-electron chi connectivity index (χ0n) is 18.4. The minimum atomic E-state index is -0.913. The molecular formula is C28H30O3. The van der Waals surface area contributed by atoms with Gasteiger partial charge in [-0.15, -0.1) is 0 Å². The van der Waals surface area contributed by atoms with E-state index >= 15 is 0 Å². The zero-order valence-corrected chi connectivity index (χ0v) is 18.4. The number of unbranched alkanes of at least 4 members (excludes halogenated alkanes) is 1. The molecule has 1 heterocycles. The van der Waals surface area contributed by atoms with Gasteiger partial charge in [0.05, 0.1) is 5.56 Å². The highest BCUT2D eigenvalue weighted by Crippen LogP contribution is 2.38. The standard InChI is InChI=1S/C28H30O3/c1-3-4-6-20-9-11-21(12-10-20)19-28(2)16-15-22-13-14-24(18-26(22)31-28)23-7-5-8-25(17-23)27(29)30/h5,7-14,17-18H,3-4,6,15-16,19H2,1-2H3,(H,29,30)/t28-/m1/s1. The number of hydrogen-bond donors (Lipinski definition) is 1. The van der Waals surface area contributed by atoms with Gasteiger partial charge in [-0.05, 0) is 78.6 Å². The van der Waals surface area contributed by atoms with Crippen LogP contribution in [0.3, 0.4) is 0 Å². The first-order valence-corrected chi connectivity index (χ1v) is 11.2. The van der Waals surface area contributed by atoms with Gasteiger partial charge in [0.1, 0.15) is 11.4 Å². The molecule has 0 fully saturated rings. The lowest BCUT2D eigenvalue weighted by Gasteiger charge is -2.36. The average molecular weight is 415 g/mol. The fourth-order valence-corrected chi connectivity index (χ4v) is 4.34. The molecule has 3 nitrogen and oxygen atoms in total. The summed E-state index contributed by atoms with van der Waals surface area (Å²) in [5, 5.41) is 9.29. The first kappa shape index (κ1) is 21.2. The van der Waals surface area contributed by atoms with Crippen LogP contribution in [0.1, 0.15) is 60.2 Å². The molecular weight excluding hydrogens is 384 g/mol. The van der Waals surface area contributed by atoms with Gasteiger partial charge >= 0.3 is 5.97 Å². The van der Waals surface area contributed by atoms with Gasteiger partial charge < -0.3 is 9.84 Å². The first-order valence-electron chi connectivity index (χ1n) is 11.2. The summed E-state index contributed by atoms with van der Waals surface area (Å²) in [6.45, 7) is 4.42. The smallest absolute Gasteiger partial charge is 0.335 e. The highest BCUT2D eigenvalue weighted by molar-refractivity contribution is 5.89. The van der Waals surface area contributed by atoms with Crippen molar-refractivity contribution in [1.82, 2.24) is 0 Å². The van der Waals surface area contributed by atoms with Gasteiger partial charge in [0.25, 0.3) is 0 Å². The van der Waals surface area contributed by atoms with Gasteiger partial charge in [0, 0.05) is 6.42 Å². The van der Waals surface area contributed by atoms with Crippen molar-refractivity contribution in [2.24, 2.45) is 0 Å². The minimum Gasteiger partial charge on any atom is -0.487 e. The molecule has 0 radical (unpaired) electrons. The molecule has 0 spiro atoms. The molecule has 0 aliphatic carbocycles. The fraction of sp³-hybridized carbons (Fsp3) is 0.321. The summed E-state index contributed by atoms with van der Waals surface area (Å²) in [4.78, 5) is 11.3. The molecule has 3 aromatic rings. The number of aromatic carboxylic acids is 1. The van der Waals surface area contributed by atoms with E-state index < -0.39 is 5.97 Å². The molecule has 0 bridgehead atoms. The summed E-state index contributed by atoms with van der Waals surface area (Å²) >= 11 is 0. The predicted molar refractivity (Wildman–Crippen MR) is 125 cm³/mol. The van der Waals surface area contributed by atoms with E-state index in [1.54, 1.807) is 18.2 Å². The molecule has 0 unspecified atom stereocenters. The third-order valence-electron chi connectivity index (χ3n) is 6.21. The lowest BCUT2D eigenvalue weighted by Crippen LogP contribution is -2.38. The van der Waals surface area contributed by atoms with E-state index in [0.717, 1.165) is 42.6 Å². The van der Waals surface area contributed by atoms with Gasteiger partial charge in [0.2, 0.25) is 0 Å². The van der Waals surface area contributed by atoms with Crippen LogP contribution in [0.2, 0.25) is 0 Å². The third-order valence-corrected chi connectivity index (χ3v) is 6.21. The monoisotopic (exact) mass is 414 g/mol. The number of aryl methyl sites for hydroxylation is 2. The summed E-state index contributed by atoms with van der Waals surface area (Å²) in [5.74, 6) is -0.00380. The average Bonchev–Trinajstić information content (AvgIpc) is 2.78. The number of carboxylic acid groups (broad SMARTS) is 1. The molecule has 1 atom stereocenters. The summed E-state index contributed by atoms with van der Waals surface area (Å²) < 4.78 is 6.54. The van der Waals surface area contributed by atoms with Crippen molar-refractivity contribution in [3.63, 3.8) is 0 Å². The molecule has 0 saturated heterocycles. The summed E-state index contributed by atoms with van der Waals surface area (Å²) in [7, 11) is 0. The van der Waals surface area contributed by atoms with E-state index in [-0.39, 0.29) is 5.60 Å². The predicted octanol–water partition coefficient (Wildman–Crippen LogP) is 6.72. The van der Waals surface area contributed by atoms with E-state index in [4.69, 9.17) is 4.74 Å². The number of fused-ring (bicyclic) bond motifs is 1. The van der Waals surface area contributed by atoms with Crippen molar-refractivity contribution in [3.05, 3.63) is 89.0 Å². The van der Waals surface area contributed by atoms with E-state index in [1.165, 1.54) is 29.5 Å². The molecule has 1 aliphatic rings. The maximum absolute atomic E-state index is 11.3. The number of carbonyl (C=O) groups is 1. The maximum atomic E-state index is 11.3. The van der Waals surface area contributed by atoms with Crippen molar-refractivity contribution in [2.45, 2.75) is 58.0 Å². The lowest BCUT2D eigenvalue weighted by atomic mass is 9.86. The molecule has 3 aromatic carbocycles. The topological polar surface area (TPSA) is 46.5 Å². The van der Waals surface area contributed by atoms with Crippen molar-refractivity contribution in [3.8, 4) is 16.9 Å². The number of hydrogen-bond acceptors (Lipinski definition) is 2. The van der Waals surface area contributed by atoms with Crippen LogP contribution in [-0.4, -0.2) is 16.7 Å². The molecule has 1 aliphatic heterocycles. The van der Waals surface area contributed by atoms with Crippen LogP contribution in [0, 0.1) is 0 Å². The molecule has 0 saturated carbocycles. The number of ether oxygens (including phenoxy) is 1. The highest BCUT2D eigenvalue weighted by Gasteiger charge is 2.32.